The Hall–Kier alpha value is -3.65. The summed E-state index contributed by atoms with van der Waals surface area (Å²) in [7, 11) is 0. The molecule has 1 aromatic heterocycles. The number of terminal acetylenes is 1. The zero-order chi connectivity index (χ0) is 18.4. The van der Waals surface area contributed by atoms with E-state index >= 15 is 0 Å². The van der Waals surface area contributed by atoms with E-state index < -0.39 is 0 Å². The van der Waals surface area contributed by atoms with Crippen LogP contribution in [0.3, 0.4) is 0 Å². The summed E-state index contributed by atoms with van der Waals surface area (Å²) in [4.78, 5) is 11.8. The summed E-state index contributed by atoms with van der Waals surface area (Å²) in [6.45, 7) is 0.164. The Morgan fingerprint density at radius 3 is 2.62 bits per heavy atom. The number of carbonyl (C=O) groups is 1. The number of para-hydroxylation sites is 1. The molecule has 1 amide bonds. The summed E-state index contributed by atoms with van der Waals surface area (Å²) >= 11 is 0. The Kier molecular flexibility index (Phi) is 5.25. The summed E-state index contributed by atoms with van der Waals surface area (Å²) in [6, 6.07) is 15.7. The van der Waals surface area contributed by atoms with Crippen LogP contribution in [0.1, 0.15) is 5.56 Å². The van der Waals surface area contributed by atoms with Crippen LogP contribution in [0.4, 0.5) is 4.39 Å². The minimum atomic E-state index is -0.318. The van der Waals surface area contributed by atoms with E-state index in [1.165, 1.54) is 18.2 Å². The number of carbonyl (C=O) groups excluding carboxylic acids is 1. The van der Waals surface area contributed by atoms with Crippen molar-refractivity contribution in [1.82, 2.24) is 15.1 Å². The molecule has 1 N–H and O–H groups in total. The van der Waals surface area contributed by atoms with Crippen molar-refractivity contribution in [2.24, 2.45) is 0 Å². The number of nitrogens with zero attached hydrogens (tertiary/aromatic N) is 2. The molecule has 0 atom stereocenters. The standard InChI is InChI=1S/C21H16FN3O/c1-2-14-23-20(26)13-10-17-15-25(19-6-4-3-5-7-19)24-21(17)16-8-11-18(22)12-9-16/h1,3-13,15H,14H2,(H,23,26)/b13-10+. The summed E-state index contributed by atoms with van der Waals surface area (Å²) in [5, 5.41) is 7.17. The largest absolute Gasteiger partial charge is 0.342 e. The van der Waals surface area contributed by atoms with Gasteiger partial charge in [-0.25, -0.2) is 9.07 Å². The van der Waals surface area contributed by atoms with E-state index in [1.807, 2.05) is 36.5 Å². The van der Waals surface area contributed by atoms with E-state index in [9.17, 15) is 9.18 Å². The van der Waals surface area contributed by atoms with Crippen molar-refractivity contribution in [2.45, 2.75) is 0 Å². The zero-order valence-corrected chi connectivity index (χ0v) is 13.9. The van der Waals surface area contributed by atoms with Gasteiger partial charge in [0.15, 0.2) is 0 Å². The summed E-state index contributed by atoms with van der Waals surface area (Å²) in [5.74, 6) is 1.74. The number of hydrogen-bond donors (Lipinski definition) is 1. The Labute approximate surface area is 151 Å². The van der Waals surface area contributed by atoms with Gasteiger partial charge in [0.2, 0.25) is 5.91 Å². The predicted octanol–water partition coefficient (Wildman–Crippen LogP) is 3.44. The van der Waals surface area contributed by atoms with Crippen molar-refractivity contribution in [1.29, 1.82) is 0 Å². The number of hydrogen-bond acceptors (Lipinski definition) is 2. The minimum absolute atomic E-state index is 0.164. The zero-order valence-electron chi connectivity index (χ0n) is 13.9. The van der Waals surface area contributed by atoms with Crippen molar-refractivity contribution in [3.8, 4) is 29.3 Å². The maximum absolute atomic E-state index is 13.2. The van der Waals surface area contributed by atoms with E-state index in [0.29, 0.717) is 5.69 Å². The summed E-state index contributed by atoms with van der Waals surface area (Å²) in [6.07, 6.45) is 10.0. The van der Waals surface area contributed by atoms with E-state index in [-0.39, 0.29) is 18.3 Å². The molecule has 1 heterocycles. The fourth-order valence-corrected chi connectivity index (χ4v) is 2.42. The fraction of sp³-hybridized carbons (Fsp3) is 0.0476. The van der Waals surface area contributed by atoms with Crippen LogP contribution < -0.4 is 5.32 Å². The monoisotopic (exact) mass is 345 g/mol. The lowest BCUT2D eigenvalue weighted by molar-refractivity contribution is -0.116. The quantitative estimate of drug-likeness (QED) is 0.569. The summed E-state index contributed by atoms with van der Waals surface area (Å²) < 4.78 is 15.0. The topological polar surface area (TPSA) is 46.9 Å². The summed E-state index contributed by atoms with van der Waals surface area (Å²) in [5.41, 5.74) is 3.02. The van der Waals surface area contributed by atoms with E-state index in [1.54, 1.807) is 22.9 Å². The van der Waals surface area contributed by atoms with Crippen molar-refractivity contribution >= 4 is 12.0 Å². The number of aromatic nitrogens is 2. The maximum atomic E-state index is 13.2. The molecule has 0 saturated carbocycles. The third kappa shape index (κ3) is 4.05. The molecule has 26 heavy (non-hydrogen) atoms. The molecule has 4 nitrogen and oxygen atoms in total. The smallest absolute Gasteiger partial charge is 0.244 e. The first-order valence-corrected chi connectivity index (χ1v) is 7.98. The Morgan fingerprint density at radius 1 is 1.19 bits per heavy atom. The van der Waals surface area contributed by atoms with Gasteiger partial charge in [-0.1, -0.05) is 24.1 Å². The molecule has 0 spiro atoms. The third-order valence-electron chi connectivity index (χ3n) is 3.66. The first-order chi connectivity index (χ1) is 12.7. The lowest BCUT2D eigenvalue weighted by Crippen LogP contribution is -2.20. The molecule has 3 aromatic rings. The molecule has 5 heteroatoms. The van der Waals surface area contributed by atoms with Crippen LogP contribution >= 0.6 is 0 Å². The Balaban J connectivity index is 1.99. The molecule has 0 saturated heterocycles. The maximum Gasteiger partial charge on any atom is 0.244 e. The molecule has 0 aliphatic carbocycles. The van der Waals surface area contributed by atoms with Crippen molar-refractivity contribution < 1.29 is 9.18 Å². The second-order valence-electron chi connectivity index (χ2n) is 5.48. The molecule has 2 aromatic carbocycles. The van der Waals surface area contributed by atoms with Gasteiger partial charge < -0.3 is 5.32 Å². The average molecular weight is 345 g/mol. The van der Waals surface area contributed by atoms with E-state index in [4.69, 9.17) is 6.42 Å². The highest BCUT2D eigenvalue weighted by Crippen LogP contribution is 2.25. The van der Waals surface area contributed by atoms with Gasteiger partial charge in [-0.05, 0) is 42.5 Å². The predicted molar refractivity (Wildman–Crippen MR) is 99.8 cm³/mol. The van der Waals surface area contributed by atoms with Gasteiger partial charge in [-0.15, -0.1) is 6.42 Å². The SMILES string of the molecule is C#CCNC(=O)/C=C/c1cn(-c2ccccc2)nc1-c1ccc(F)cc1. The normalized spacial score (nSPS) is 10.6. The van der Waals surface area contributed by atoms with Gasteiger partial charge in [0, 0.05) is 23.4 Å². The molecule has 128 valence electrons. The average Bonchev–Trinajstić information content (AvgIpc) is 3.10. The minimum Gasteiger partial charge on any atom is -0.342 e. The molecule has 0 bridgehead atoms. The molecule has 0 aliphatic rings. The fourth-order valence-electron chi connectivity index (χ4n) is 2.42. The second kappa shape index (κ2) is 7.95. The molecular formula is C21H16FN3O. The van der Waals surface area contributed by atoms with E-state index in [2.05, 4.69) is 16.3 Å². The van der Waals surface area contributed by atoms with E-state index in [0.717, 1.165) is 16.8 Å². The molecule has 0 radical (unpaired) electrons. The van der Waals surface area contributed by atoms with Crippen LogP contribution in [0.5, 0.6) is 0 Å². The number of amides is 1. The van der Waals surface area contributed by atoms with Crippen LogP contribution in [0, 0.1) is 18.2 Å². The van der Waals surface area contributed by atoms with Crippen LogP contribution in [-0.2, 0) is 4.79 Å². The highest BCUT2D eigenvalue weighted by molar-refractivity contribution is 5.92. The number of halogens is 1. The third-order valence-corrected chi connectivity index (χ3v) is 3.66. The van der Waals surface area contributed by atoms with Crippen molar-refractivity contribution in [3.05, 3.63) is 78.3 Å². The van der Waals surface area contributed by atoms with Crippen LogP contribution in [-0.4, -0.2) is 22.2 Å². The highest BCUT2D eigenvalue weighted by Gasteiger charge is 2.11. The second-order valence-corrected chi connectivity index (χ2v) is 5.48. The Morgan fingerprint density at radius 2 is 1.92 bits per heavy atom. The number of rotatable bonds is 5. The lowest BCUT2D eigenvalue weighted by Gasteiger charge is -2.00. The molecule has 0 fully saturated rings. The van der Waals surface area contributed by atoms with Crippen molar-refractivity contribution in [2.75, 3.05) is 6.54 Å². The van der Waals surface area contributed by atoms with Gasteiger partial charge >= 0.3 is 0 Å². The highest BCUT2D eigenvalue weighted by atomic mass is 19.1. The molecule has 0 unspecified atom stereocenters. The molecular weight excluding hydrogens is 329 g/mol. The molecule has 3 rings (SSSR count). The van der Waals surface area contributed by atoms with Crippen LogP contribution in [0.15, 0.2) is 66.9 Å². The van der Waals surface area contributed by atoms with Gasteiger partial charge in [-0.2, -0.15) is 5.10 Å². The van der Waals surface area contributed by atoms with Gasteiger partial charge in [0.05, 0.1) is 17.9 Å². The number of nitrogens with one attached hydrogen (secondary N) is 1. The van der Waals surface area contributed by atoms with Gasteiger partial charge in [0.1, 0.15) is 5.82 Å². The Bertz CT molecular complexity index is 967. The molecule has 0 aliphatic heterocycles. The number of benzene rings is 2. The first-order valence-electron chi connectivity index (χ1n) is 7.98. The van der Waals surface area contributed by atoms with Gasteiger partial charge in [-0.3, -0.25) is 4.79 Å². The lowest BCUT2D eigenvalue weighted by atomic mass is 10.1. The van der Waals surface area contributed by atoms with Gasteiger partial charge in [0.25, 0.3) is 0 Å². The van der Waals surface area contributed by atoms with Crippen molar-refractivity contribution in [3.63, 3.8) is 0 Å². The van der Waals surface area contributed by atoms with Crippen LogP contribution in [0.25, 0.3) is 23.0 Å². The van der Waals surface area contributed by atoms with Crippen LogP contribution in [0.2, 0.25) is 0 Å². The first kappa shape index (κ1) is 17.2.